The molecule has 1 N–H and O–H groups in total. The summed E-state index contributed by atoms with van der Waals surface area (Å²) in [5.74, 6) is 1.38. The Labute approximate surface area is 238 Å². The highest BCUT2D eigenvalue weighted by Gasteiger charge is 2.21. The van der Waals surface area contributed by atoms with E-state index in [4.69, 9.17) is 27.6 Å². The maximum atomic E-state index is 12.8. The Bertz CT molecular complexity index is 1520. The van der Waals surface area contributed by atoms with E-state index in [-0.39, 0.29) is 11.9 Å². The van der Waals surface area contributed by atoms with Crippen LogP contribution in [0.4, 0.5) is 0 Å². The maximum Gasteiger partial charge on any atom is 0.270 e. The van der Waals surface area contributed by atoms with Crippen LogP contribution < -0.4 is 5.32 Å². The summed E-state index contributed by atoms with van der Waals surface area (Å²) < 4.78 is 7.38. The van der Waals surface area contributed by atoms with Crippen molar-refractivity contribution in [2.75, 3.05) is 0 Å². The molecule has 1 unspecified atom stereocenters. The van der Waals surface area contributed by atoms with Crippen LogP contribution in [0.2, 0.25) is 10.0 Å². The third-order valence-corrected chi connectivity index (χ3v) is 8.25. The predicted molar refractivity (Wildman–Crippen MR) is 152 cm³/mol. The topological polar surface area (TPSA) is 85.8 Å². The number of aromatic nitrogens is 4. The first-order valence-electron chi connectivity index (χ1n) is 11.8. The number of amides is 1. The van der Waals surface area contributed by atoms with Crippen molar-refractivity contribution in [2.45, 2.75) is 36.7 Å². The van der Waals surface area contributed by atoms with Gasteiger partial charge in [-0.05, 0) is 55.7 Å². The molecule has 3 aromatic heterocycles. The second-order valence-electron chi connectivity index (χ2n) is 8.53. The quantitative estimate of drug-likeness (QED) is 0.173. The van der Waals surface area contributed by atoms with Crippen LogP contribution in [0.25, 0.3) is 17.3 Å². The van der Waals surface area contributed by atoms with Crippen molar-refractivity contribution in [1.82, 2.24) is 25.1 Å². The fourth-order valence-electron chi connectivity index (χ4n) is 3.81. The Kier molecular flexibility index (Phi) is 8.48. The lowest BCUT2D eigenvalue weighted by Gasteiger charge is -2.13. The van der Waals surface area contributed by atoms with Gasteiger partial charge in [0, 0.05) is 16.4 Å². The fourth-order valence-corrected chi connectivity index (χ4v) is 5.91. The molecule has 0 radical (unpaired) electrons. The molecular formula is C27H23Cl2N5O2S2. The minimum Gasteiger partial charge on any atom is -0.461 e. The molecule has 0 saturated heterocycles. The minimum absolute atomic E-state index is 0.0308. The van der Waals surface area contributed by atoms with E-state index in [1.54, 1.807) is 42.0 Å². The lowest BCUT2D eigenvalue weighted by Crippen LogP contribution is -2.33. The van der Waals surface area contributed by atoms with Crippen molar-refractivity contribution < 1.29 is 9.21 Å². The highest BCUT2D eigenvalue weighted by Crippen LogP contribution is 2.34. The number of carbonyl (C=O) groups is 1. The fraction of sp³-hybridized carbons (Fsp3) is 0.185. The molecule has 1 amide bonds. The molecule has 11 heteroatoms. The summed E-state index contributed by atoms with van der Waals surface area (Å²) in [7, 11) is 0. The van der Waals surface area contributed by atoms with Crippen LogP contribution >= 0.6 is 46.3 Å². The number of halogens is 2. The number of rotatable bonds is 10. The standard InChI is InChI=1S/C27H23Cl2N5O2S2/c1-17(9-10-18-6-3-2-4-7-18)30-26(35)21-15-37-24(31-21)16-38-27-33-32-25(23-8-5-13-36-23)34(27)22-14-19(28)11-12-20(22)29/h2-8,11-15,17H,9-10,16H2,1H3,(H,30,35). The Morgan fingerprint density at radius 2 is 1.97 bits per heavy atom. The highest BCUT2D eigenvalue weighted by molar-refractivity contribution is 7.98. The molecule has 3 heterocycles. The molecule has 0 saturated carbocycles. The van der Waals surface area contributed by atoms with Crippen LogP contribution in [0.15, 0.2) is 81.9 Å². The van der Waals surface area contributed by atoms with Gasteiger partial charge in [-0.15, -0.1) is 21.5 Å². The van der Waals surface area contributed by atoms with Crippen molar-refractivity contribution in [3.8, 4) is 17.3 Å². The van der Waals surface area contributed by atoms with Crippen molar-refractivity contribution in [3.63, 3.8) is 0 Å². The number of aryl methyl sites for hydroxylation is 1. The van der Waals surface area contributed by atoms with Gasteiger partial charge in [-0.2, -0.15) is 0 Å². The summed E-state index contributed by atoms with van der Waals surface area (Å²) in [5.41, 5.74) is 2.30. The first-order chi connectivity index (χ1) is 18.5. The summed E-state index contributed by atoms with van der Waals surface area (Å²) in [6.45, 7) is 2.01. The average molecular weight is 585 g/mol. The number of hydrogen-bond acceptors (Lipinski definition) is 7. The molecule has 194 valence electrons. The molecular weight excluding hydrogens is 561 g/mol. The third kappa shape index (κ3) is 6.30. The third-order valence-electron chi connectivity index (χ3n) is 5.72. The van der Waals surface area contributed by atoms with E-state index in [9.17, 15) is 4.79 Å². The largest absolute Gasteiger partial charge is 0.461 e. The van der Waals surface area contributed by atoms with Gasteiger partial charge in [0.05, 0.1) is 22.7 Å². The van der Waals surface area contributed by atoms with Crippen molar-refractivity contribution in [3.05, 3.63) is 98.6 Å². The zero-order valence-electron chi connectivity index (χ0n) is 20.3. The lowest BCUT2D eigenvalue weighted by molar-refractivity contribution is 0.0934. The zero-order chi connectivity index (χ0) is 26.5. The molecule has 2 aromatic carbocycles. The molecule has 0 aliphatic rings. The van der Waals surface area contributed by atoms with E-state index in [0.29, 0.717) is 43.9 Å². The zero-order valence-corrected chi connectivity index (χ0v) is 23.4. The second kappa shape index (κ2) is 12.2. The van der Waals surface area contributed by atoms with Crippen LogP contribution in [-0.4, -0.2) is 31.7 Å². The molecule has 0 spiro atoms. The summed E-state index contributed by atoms with van der Waals surface area (Å²) in [5, 5.41) is 16.0. The number of hydrogen-bond donors (Lipinski definition) is 1. The summed E-state index contributed by atoms with van der Waals surface area (Å²) in [4.78, 5) is 17.3. The van der Waals surface area contributed by atoms with Gasteiger partial charge < -0.3 is 9.73 Å². The molecule has 38 heavy (non-hydrogen) atoms. The van der Waals surface area contributed by atoms with Crippen LogP contribution in [0.5, 0.6) is 0 Å². The van der Waals surface area contributed by atoms with Gasteiger partial charge in [0.1, 0.15) is 10.7 Å². The van der Waals surface area contributed by atoms with Gasteiger partial charge in [0.15, 0.2) is 10.9 Å². The number of furan rings is 1. The van der Waals surface area contributed by atoms with Gasteiger partial charge in [0.25, 0.3) is 5.91 Å². The Balaban J connectivity index is 1.27. The number of nitrogens with zero attached hydrogens (tertiary/aromatic N) is 4. The molecule has 1 atom stereocenters. The van der Waals surface area contributed by atoms with E-state index < -0.39 is 0 Å². The number of carbonyl (C=O) groups excluding carboxylic acids is 1. The normalized spacial score (nSPS) is 12.0. The van der Waals surface area contributed by atoms with Gasteiger partial charge >= 0.3 is 0 Å². The SMILES string of the molecule is CC(CCc1ccccc1)NC(=O)c1csc(CSc2nnc(-c3ccco3)n2-c2cc(Cl)ccc2Cl)n1. The first kappa shape index (κ1) is 26.5. The van der Waals surface area contributed by atoms with E-state index >= 15 is 0 Å². The van der Waals surface area contributed by atoms with Gasteiger partial charge in [-0.1, -0.05) is 65.3 Å². The number of thioether (sulfide) groups is 1. The molecule has 0 bridgehead atoms. The van der Waals surface area contributed by atoms with E-state index in [0.717, 1.165) is 17.8 Å². The molecule has 0 aliphatic carbocycles. The van der Waals surface area contributed by atoms with Crippen LogP contribution in [0.1, 0.15) is 34.4 Å². The monoisotopic (exact) mass is 583 g/mol. The van der Waals surface area contributed by atoms with Crippen LogP contribution in [0, 0.1) is 0 Å². The van der Waals surface area contributed by atoms with E-state index in [1.807, 2.05) is 29.7 Å². The molecule has 0 aliphatic heterocycles. The van der Waals surface area contributed by atoms with Gasteiger partial charge in [0.2, 0.25) is 5.82 Å². The second-order valence-corrected chi connectivity index (χ2v) is 11.3. The van der Waals surface area contributed by atoms with Crippen molar-refractivity contribution in [1.29, 1.82) is 0 Å². The highest BCUT2D eigenvalue weighted by atomic mass is 35.5. The van der Waals surface area contributed by atoms with Crippen molar-refractivity contribution in [2.24, 2.45) is 0 Å². The molecule has 7 nitrogen and oxygen atoms in total. The number of thiazole rings is 1. The minimum atomic E-state index is -0.174. The van der Waals surface area contributed by atoms with E-state index in [1.165, 1.54) is 28.7 Å². The van der Waals surface area contributed by atoms with E-state index in [2.05, 4.69) is 32.6 Å². The Morgan fingerprint density at radius 1 is 1.13 bits per heavy atom. The van der Waals surface area contributed by atoms with Crippen molar-refractivity contribution >= 4 is 52.2 Å². The predicted octanol–water partition coefficient (Wildman–Crippen LogP) is 7.33. The molecule has 0 fully saturated rings. The lowest BCUT2D eigenvalue weighted by atomic mass is 10.1. The van der Waals surface area contributed by atoms with Gasteiger partial charge in [-0.25, -0.2) is 4.98 Å². The Morgan fingerprint density at radius 3 is 2.76 bits per heavy atom. The van der Waals surface area contributed by atoms with Gasteiger partial charge in [-0.3, -0.25) is 9.36 Å². The number of nitrogens with one attached hydrogen (secondary N) is 1. The Hall–Kier alpha value is -3.11. The number of benzene rings is 2. The summed E-state index contributed by atoms with van der Waals surface area (Å²) in [6.07, 6.45) is 3.33. The maximum absolute atomic E-state index is 12.8. The average Bonchev–Trinajstić information content (AvgIpc) is 3.69. The molecule has 5 rings (SSSR count). The smallest absolute Gasteiger partial charge is 0.270 e. The van der Waals surface area contributed by atoms with Crippen LogP contribution in [0.3, 0.4) is 0 Å². The summed E-state index contributed by atoms with van der Waals surface area (Å²) in [6, 6.07) is 19.1. The van der Waals surface area contributed by atoms with Crippen LogP contribution in [-0.2, 0) is 12.2 Å². The first-order valence-corrected chi connectivity index (χ1v) is 14.5. The summed E-state index contributed by atoms with van der Waals surface area (Å²) >= 11 is 15.6. The molecule has 5 aromatic rings.